The van der Waals surface area contributed by atoms with E-state index in [1.807, 2.05) is 0 Å². The summed E-state index contributed by atoms with van der Waals surface area (Å²) in [4.78, 5) is 37.2. The van der Waals surface area contributed by atoms with Gasteiger partial charge in [0.25, 0.3) is 0 Å². The Hall–Kier alpha value is -1.07. The Morgan fingerprint density at radius 3 is 2.20 bits per heavy atom. The molecule has 3 atom stereocenters. The van der Waals surface area contributed by atoms with Gasteiger partial charge in [0.2, 0.25) is 0 Å². The first-order valence-electron chi connectivity index (χ1n) is 6.91. The van der Waals surface area contributed by atoms with Crippen LogP contribution >= 0.6 is 0 Å². The zero-order valence-corrected chi connectivity index (χ0v) is 12.8. The second-order valence-electron chi connectivity index (χ2n) is 6.78. The molecule has 1 fully saturated rings. The van der Waals surface area contributed by atoms with Gasteiger partial charge in [-0.1, -0.05) is 20.8 Å². The van der Waals surface area contributed by atoms with Crippen molar-refractivity contribution in [3.8, 4) is 0 Å². The molecule has 3 unspecified atom stereocenters. The molecule has 20 heavy (non-hydrogen) atoms. The number of hydrogen-bond donors (Lipinski definition) is 2. The molecule has 1 rings (SSSR count). The first kappa shape index (κ1) is 17.0. The van der Waals surface area contributed by atoms with Crippen molar-refractivity contribution in [1.82, 2.24) is 0 Å². The summed E-state index contributed by atoms with van der Waals surface area (Å²) in [6.07, 6.45) is -1.08. The van der Waals surface area contributed by atoms with Crippen LogP contribution in [0.5, 0.6) is 0 Å². The van der Waals surface area contributed by atoms with Gasteiger partial charge in [-0.05, 0) is 20.3 Å². The van der Waals surface area contributed by atoms with E-state index in [0.717, 1.165) is 0 Å². The van der Waals surface area contributed by atoms with E-state index < -0.39 is 40.3 Å². The van der Waals surface area contributed by atoms with E-state index in [4.69, 9.17) is 5.11 Å². The van der Waals surface area contributed by atoms with Crippen molar-refractivity contribution in [3.05, 3.63) is 0 Å². The van der Waals surface area contributed by atoms with Gasteiger partial charge in [-0.2, -0.15) is 0 Å². The maximum Gasteiger partial charge on any atom is 0.158 e. The molecule has 0 aromatic rings. The van der Waals surface area contributed by atoms with Crippen molar-refractivity contribution in [1.29, 1.82) is 0 Å². The predicted molar refractivity (Wildman–Crippen MR) is 72.9 cm³/mol. The zero-order valence-electron chi connectivity index (χ0n) is 12.8. The Kier molecular flexibility index (Phi) is 4.56. The van der Waals surface area contributed by atoms with Crippen LogP contribution in [0, 0.1) is 22.7 Å². The molecule has 1 aliphatic rings. The summed E-state index contributed by atoms with van der Waals surface area (Å²) in [7, 11) is 0. The number of ketones is 3. The molecule has 1 aliphatic carbocycles. The van der Waals surface area contributed by atoms with Gasteiger partial charge in [-0.25, -0.2) is 0 Å². The van der Waals surface area contributed by atoms with Gasteiger partial charge in [-0.3, -0.25) is 14.4 Å². The van der Waals surface area contributed by atoms with Crippen LogP contribution < -0.4 is 0 Å². The van der Waals surface area contributed by atoms with Crippen LogP contribution in [-0.4, -0.2) is 40.3 Å². The largest absolute Gasteiger partial charge is 0.396 e. The molecule has 2 N–H and O–H groups in total. The fraction of sp³-hybridized carbons (Fsp3) is 0.800. The van der Waals surface area contributed by atoms with Gasteiger partial charge in [0.15, 0.2) is 11.6 Å². The molecule has 0 bridgehead atoms. The molecule has 0 spiro atoms. The Bertz CT molecular complexity index is 436. The maximum atomic E-state index is 12.4. The summed E-state index contributed by atoms with van der Waals surface area (Å²) < 4.78 is 0. The van der Waals surface area contributed by atoms with Crippen LogP contribution in [0.1, 0.15) is 41.0 Å². The molecule has 0 radical (unpaired) electrons. The van der Waals surface area contributed by atoms with Gasteiger partial charge in [0, 0.05) is 12.5 Å². The van der Waals surface area contributed by atoms with Gasteiger partial charge in [0.1, 0.15) is 11.7 Å². The zero-order chi connectivity index (χ0) is 15.9. The van der Waals surface area contributed by atoms with Crippen molar-refractivity contribution in [2.24, 2.45) is 22.7 Å². The van der Waals surface area contributed by atoms with E-state index in [1.165, 1.54) is 13.8 Å². The summed E-state index contributed by atoms with van der Waals surface area (Å²) >= 11 is 0. The fourth-order valence-electron chi connectivity index (χ4n) is 2.93. The Morgan fingerprint density at radius 2 is 1.75 bits per heavy atom. The Balaban J connectivity index is 3.22. The van der Waals surface area contributed by atoms with Gasteiger partial charge in [-0.15, -0.1) is 0 Å². The van der Waals surface area contributed by atoms with Crippen molar-refractivity contribution < 1.29 is 24.6 Å². The van der Waals surface area contributed by atoms with Crippen molar-refractivity contribution in [2.45, 2.75) is 47.1 Å². The van der Waals surface area contributed by atoms with Crippen LogP contribution in [0.25, 0.3) is 0 Å². The monoisotopic (exact) mass is 284 g/mol. The number of aliphatic hydroxyl groups excluding tert-OH is 2. The number of aliphatic hydroxyl groups is 2. The third kappa shape index (κ3) is 2.44. The lowest BCUT2D eigenvalue weighted by Gasteiger charge is -2.45. The number of rotatable bonds is 4. The number of hydrogen-bond acceptors (Lipinski definition) is 5. The lowest BCUT2D eigenvalue weighted by Crippen LogP contribution is -2.61. The van der Waals surface area contributed by atoms with E-state index >= 15 is 0 Å². The number of carbonyl (C=O) groups is 3. The van der Waals surface area contributed by atoms with Crippen LogP contribution in [0.4, 0.5) is 0 Å². The second kappa shape index (κ2) is 5.37. The van der Waals surface area contributed by atoms with E-state index in [-0.39, 0.29) is 18.8 Å². The van der Waals surface area contributed by atoms with Crippen LogP contribution in [0.2, 0.25) is 0 Å². The standard InChI is InChI=1S/C15H24O5/c1-8(6-7-16)10(17)9-11(18)14(2,3)13(20)15(4,5)12(9)19/h8-9,11,16,18H,6-7H2,1-5H3. The highest BCUT2D eigenvalue weighted by atomic mass is 16.3. The summed E-state index contributed by atoms with van der Waals surface area (Å²) in [5.74, 6) is -2.99. The molecule has 0 heterocycles. The van der Waals surface area contributed by atoms with Crippen LogP contribution in [0.15, 0.2) is 0 Å². The highest BCUT2D eigenvalue weighted by Crippen LogP contribution is 2.44. The number of Topliss-reactive ketones (excluding diaryl/α,β-unsaturated/α-hetero) is 3. The average molecular weight is 284 g/mol. The highest BCUT2D eigenvalue weighted by molar-refractivity contribution is 6.19. The Labute approximate surface area is 119 Å². The number of carbonyl (C=O) groups excluding carboxylic acids is 3. The van der Waals surface area contributed by atoms with Crippen LogP contribution in [-0.2, 0) is 14.4 Å². The molecule has 0 saturated heterocycles. The predicted octanol–water partition coefficient (Wildman–Crippen LogP) is 0.755. The molecule has 0 aromatic carbocycles. The third-order valence-corrected chi connectivity index (χ3v) is 4.46. The van der Waals surface area contributed by atoms with Crippen molar-refractivity contribution in [3.63, 3.8) is 0 Å². The molecule has 1 saturated carbocycles. The first-order chi connectivity index (χ1) is 8.99. The molecule has 0 aliphatic heterocycles. The smallest absolute Gasteiger partial charge is 0.158 e. The lowest BCUT2D eigenvalue weighted by molar-refractivity contribution is -0.168. The van der Waals surface area contributed by atoms with E-state index in [0.29, 0.717) is 0 Å². The topological polar surface area (TPSA) is 91.7 Å². The summed E-state index contributed by atoms with van der Waals surface area (Å²) in [6, 6.07) is 0. The Morgan fingerprint density at radius 1 is 1.25 bits per heavy atom. The molecular formula is C15H24O5. The fourth-order valence-corrected chi connectivity index (χ4v) is 2.93. The van der Waals surface area contributed by atoms with Gasteiger partial charge >= 0.3 is 0 Å². The highest BCUT2D eigenvalue weighted by Gasteiger charge is 2.59. The van der Waals surface area contributed by atoms with E-state index in [2.05, 4.69) is 0 Å². The van der Waals surface area contributed by atoms with Gasteiger partial charge < -0.3 is 10.2 Å². The molecular weight excluding hydrogens is 260 g/mol. The van der Waals surface area contributed by atoms with E-state index in [1.54, 1.807) is 20.8 Å². The summed E-state index contributed by atoms with van der Waals surface area (Å²) in [6.45, 7) is 7.59. The SMILES string of the molecule is CC(CCO)C(=O)C1C(=O)C(C)(C)C(=O)C(C)(C)C1O. The first-order valence-corrected chi connectivity index (χ1v) is 6.91. The minimum atomic E-state index is -1.32. The summed E-state index contributed by atoms with van der Waals surface area (Å²) in [5, 5.41) is 19.2. The van der Waals surface area contributed by atoms with Gasteiger partial charge in [0.05, 0.1) is 16.9 Å². The van der Waals surface area contributed by atoms with Crippen LogP contribution in [0.3, 0.4) is 0 Å². The average Bonchev–Trinajstić information content (AvgIpc) is 2.36. The quantitative estimate of drug-likeness (QED) is 0.743. The minimum absolute atomic E-state index is 0.157. The molecule has 5 heteroatoms. The third-order valence-electron chi connectivity index (χ3n) is 4.46. The van der Waals surface area contributed by atoms with E-state index in [9.17, 15) is 19.5 Å². The molecule has 0 amide bonds. The lowest BCUT2D eigenvalue weighted by atomic mass is 9.56. The maximum absolute atomic E-state index is 12.4. The minimum Gasteiger partial charge on any atom is -0.396 e. The van der Waals surface area contributed by atoms with Crippen molar-refractivity contribution in [2.75, 3.05) is 6.61 Å². The molecule has 0 aromatic heterocycles. The molecule has 5 nitrogen and oxygen atoms in total. The van der Waals surface area contributed by atoms with Crippen molar-refractivity contribution >= 4 is 17.3 Å². The summed E-state index contributed by atoms with van der Waals surface area (Å²) in [5.41, 5.74) is -2.42. The normalized spacial score (nSPS) is 30.1. The molecule has 114 valence electrons. The second-order valence-corrected chi connectivity index (χ2v) is 6.78.